The van der Waals surface area contributed by atoms with Crippen LogP contribution in [0.1, 0.15) is 49.1 Å². The van der Waals surface area contributed by atoms with E-state index in [0.717, 1.165) is 11.8 Å². The van der Waals surface area contributed by atoms with Gasteiger partial charge < -0.3 is 5.73 Å². The molecule has 1 aliphatic carbocycles. The Labute approximate surface area is 96.7 Å². The molecule has 0 amide bonds. The van der Waals surface area contributed by atoms with Crippen LogP contribution in [-0.2, 0) is 0 Å². The summed E-state index contributed by atoms with van der Waals surface area (Å²) in [6.07, 6.45) is 5.39. The molecule has 2 rings (SSSR count). The third-order valence-electron chi connectivity index (χ3n) is 3.87. The Hall–Kier alpha value is -0.340. The first kappa shape index (κ1) is 11.2. The second kappa shape index (κ2) is 4.67. The van der Waals surface area contributed by atoms with Gasteiger partial charge in [0.15, 0.2) is 0 Å². The van der Waals surface area contributed by atoms with E-state index < -0.39 is 0 Å². The van der Waals surface area contributed by atoms with Crippen molar-refractivity contribution < 1.29 is 0 Å². The van der Waals surface area contributed by atoms with Gasteiger partial charge in [0.2, 0.25) is 0 Å². The Morgan fingerprint density at radius 3 is 2.87 bits per heavy atom. The Balaban J connectivity index is 2.03. The van der Waals surface area contributed by atoms with Gasteiger partial charge in [0.25, 0.3) is 0 Å². The molecule has 3 atom stereocenters. The number of aryl methyl sites for hydroxylation is 1. The minimum atomic E-state index is 0.293. The molecule has 0 bridgehead atoms. The molecule has 2 heteroatoms. The third-order valence-corrected chi connectivity index (χ3v) is 4.99. The molecule has 2 N–H and O–H groups in total. The van der Waals surface area contributed by atoms with Crippen LogP contribution in [-0.4, -0.2) is 0 Å². The molecule has 1 aromatic rings. The van der Waals surface area contributed by atoms with Crippen molar-refractivity contribution in [2.45, 2.75) is 45.6 Å². The van der Waals surface area contributed by atoms with E-state index in [1.807, 2.05) is 11.3 Å². The van der Waals surface area contributed by atoms with Crippen LogP contribution in [0.25, 0.3) is 0 Å². The van der Waals surface area contributed by atoms with E-state index in [1.54, 1.807) is 0 Å². The molecule has 0 saturated heterocycles. The molecule has 84 valence electrons. The molecule has 1 aromatic heterocycles. The van der Waals surface area contributed by atoms with Crippen molar-refractivity contribution in [2.75, 3.05) is 0 Å². The largest absolute Gasteiger partial charge is 0.323 e. The molecule has 1 saturated carbocycles. The monoisotopic (exact) mass is 223 g/mol. The van der Waals surface area contributed by atoms with Crippen LogP contribution in [0, 0.1) is 18.8 Å². The number of thiophene rings is 1. The van der Waals surface area contributed by atoms with Gasteiger partial charge in [-0.1, -0.05) is 19.8 Å². The van der Waals surface area contributed by atoms with E-state index in [-0.39, 0.29) is 0 Å². The molecule has 1 heterocycles. The molecule has 3 unspecified atom stereocenters. The van der Waals surface area contributed by atoms with Gasteiger partial charge in [-0.05, 0) is 48.6 Å². The maximum atomic E-state index is 6.37. The molecule has 15 heavy (non-hydrogen) atoms. The van der Waals surface area contributed by atoms with Gasteiger partial charge in [-0.25, -0.2) is 0 Å². The SMILES string of the molecule is CCC1CCC(C(N)c2sccc2C)C1. The molecular weight excluding hydrogens is 202 g/mol. The molecule has 0 spiro atoms. The zero-order chi connectivity index (χ0) is 10.8. The standard InChI is InChI=1S/C13H21NS/c1-3-10-4-5-11(8-10)12(14)13-9(2)6-7-15-13/h6-7,10-12H,3-5,8,14H2,1-2H3. The van der Waals surface area contributed by atoms with Gasteiger partial charge in [0, 0.05) is 10.9 Å². The van der Waals surface area contributed by atoms with Crippen molar-refractivity contribution in [3.63, 3.8) is 0 Å². The Morgan fingerprint density at radius 2 is 2.33 bits per heavy atom. The summed E-state index contributed by atoms with van der Waals surface area (Å²) in [6, 6.07) is 2.48. The summed E-state index contributed by atoms with van der Waals surface area (Å²) in [5, 5.41) is 2.16. The fourth-order valence-electron chi connectivity index (χ4n) is 2.75. The zero-order valence-corrected chi connectivity index (χ0v) is 10.5. The molecule has 1 nitrogen and oxygen atoms in total. The van der Waals surface area contributed by atoms with E-state index >= 15 is 0 Å². The Bertz CT molecular complexity index is 318. The van der Waals surface area contributed by atoms with Gasteiger partial charge in [0.1, 0.15) is 0 Å². The topological polar surface area (TPSA) is 26.0 Å². The van der Waals surface area contributed by atoms with Crippen molar-refractivity contribution in [3.8, 4) is 0 Å². The average molecular weight is 223 g/mol. The lowest BCUT2D eigenvalue weighted by molar-refractivity contribution is 0.419. The second-order valence-electron chi connectivity index (χ2n) is 4.84. The van der Waals surface area contributed by atoms with Crippen LogP contribution in [0.4, 0.5) is 0 Å². The normalized spacial score (nSPS) is 28.2. The lowest BCUT2D eigenvalue weighted by Gasteiger charge is -2.19. The van der Waals surface area contributed by atoms with Crippen LogP contribution in [0.2, 0.25) is 0 Å². The quantitative estimate of drug-likeness (QED) is 0.826. The second-order valence-corrected chi connectivity index (χ2v) is 5.79. The number of hydrogen-bond donors (Lipinski definition) is 1. The smallest absolute Gasteiger partial charge is 0.0421 e. The van der Waals surface area contributed by atoms with Crippen molar-refractivity contribution in [1.29, 1.82) is 0 Å². The van der Waals surface area contributed by atoms with Gasteiger partial charge in [-0.3, -0.25) is 0 Å². The van der Waals surface area contributed by atoms with E-state index in [9.17, 15) is 0 Å². The van der Waals surface area contributed by atoms with E-state index in [0.29, 0.717) is 6.04 Å². The highest BCUT2D eigenvalue weighted by molar-refractivity contribution is 7.10. The number of rotatable bonds is 3. The highest BCUT2D eigenvalue weighted by Crippen LogP contribution is 2.41. The fourth-order valence-corrected chi connectivity index (χ4v) is 3.77. The maximum absolute atomic E-state index is 6.37. The Morgan fingerprint density at radius 1 is 1.53 bits per heavy atom. The molecule has 1 fully saturated rings. The molecule has 0 aliphatic heterocycles. The van der Waals surface area contributed by atoms with Crippen molar-refractivity contribution in [2.24, 2.45) is 17.6 Å². The van der Waals surface area contributed by atoms with Crippen LogP contribution < -0.4 is 5.73 Å². The average Bonchev–Trinajstić information content (AvgIpc) is 2.84. The summed E-state index contributed by atoms with van der Waals surface area (Å²) in [4.78, 5) is 1.41. The van der Waals surface area contributed by atoms with Crippen molar-refractivity contribution in [3.05, 3.63) is 21.9 Å². The lowest BCUT2D eigenvalue weighted by Crippen LogP contribution is -2.19. The highest BCUT2D eigenvalue weighted by Gasteiger charge is 2.29. The summed E-state index contributed by atoms with van der Waals surface area (Å²) in [5.41, 5.74) is 7.75. The summed E-state index contributed by atoms with van der Waals surface area (Å²) >= 11 is 1.83. The van der Waals surface area contributed by atoms with Crippen LogP contribution >= 0.6 is 11.3 Å². The van der Waals surface area contributed by atoms with E-state index in [4.69, 9.17) is 5.73 Å². The highest BCUT2D eigenvalue weighted by atomic mass is 32.1. The number of nitrogens with two attached hydrogens (primary N) is 1. The van der Waals surface area contributed by atoms with Crippen LogP contribution in [0.3, 0.4) is 0 Å². The predicted molar refractivity (Wildman–Crippen MR) is 67.1 cm³/mol. The predicted octanol–water partition coefficient (Wildman–Crippen LogP) is 3.88. The fraction of sp³-hybridized carbons (Fsp3) is 0.692. The first-order chi connectivity index (χ1) is 7.22. The van der Waals surface area contributed by atoms with Crippen molar-refractivity contribution >= 4 is 11.3 Å². The van der Waals surface area contributed by atoms with Gasteiger partial charge in [-0.15, -0.1) is 11.3 Å². The summed E-state index contributed by atoms with van der Waals surface area (Å²) in [7, 11) is 0. The van der Waals surface area contributed by atoms with Crippen molar-refractivity contribution in [1.82, 2.24) is 0 Å². The number of hydrogen-bond acceptors (Lipinski definition) is 2. The minimum absolute atomic E-state index is 0.293. The van der Waals surface area contributed by atoms with E-state index in [1.165, 1.54) is 36.1 Å². The summed E-state index contributed by atoms with van der Waals surface area (Å²) in [6.45, 7) is 4.48. The summed E-state index contributed by atoms with van der Waals surface area (Å²) in [5.74, 6) is 1.66. The van der Waals surface area contributed by atoms with Gasteiger partial charge >= 0.3 is 0 Å². The molecule has 0 aromatic carbocycles. The van der Waals surface area contributed by atoms with E-state index in [2.05, 4.69) is 25.3 Å². The third kappa shape index (κ3) is 2.26. The summed E-state index contributed by atoms with van der Waals surface area (Å²) < 4.78 is 0. The van der Waals surface area contributed by atoms with Gasteiger partial charge in [-0.2, -0.15) is 0 Å². The Kier molecular flexibility index (Phi) is 3.47. The molecule has 0 radical (unpaired) electrons. The van der Waals surface area contributed by atoms with Crippen LogP contribution in [0.15, 0.2) is 11.4 Å². The zero-order valence-electron chi connectivity index (χ0n) is 9.70. The maximum Gasteiger partial charge on any atom is 0.0421 e. The molecular formula is C13H21NS. The molecule has 1 aliphatic rings. The van der Waals surface area contributed by atoms with Crippen LogP contribution in [0.5, 0.6) is 0 Å². The minimum Gasteiger partial charge on any atom is -0.323 e. The van der Waals surface area contributed by atoms with Gasteiger partial charge in [0.05, 0.1) is 0 Å². The first-order valence-corrected chi connectivity index (χ1v) is 6.90. The first-order valence-electron chi connectivity index (χ1n) is 6.02. The lowest BCUT2D eigenvalue weighted by atomic mass is 9.94.